The third-order valence-corrected chi connectivity index (χ3v) is 6.66. The highest BCUT2D eigenvalue weighted by Gasteiger charge is 2.36. The summed E-state index contributed by atoms with van der Waals surface area (Å²) in [5.41, 5.74) is 3.57. The van der Waals surface area contributed by atoms with Crippen LogP contribution >= 0.6 is 11.6 Å². The van der Waals surface area contributed by atoms with Crippen molar-refractivity contribution < 1.29 is 14.2 Å². The van der Waals surface area contributed by atoms with Crippen LogP contribution in [0.4, 0.5) is 11.5 Å². The SMILES string of the molecule is COc1ccc(OC)c(C2c3ccc4ccccc4c3Oc3ncnc(Nc4ccc(Cl)cc4)c32)c1. The lowest BCUT2D eigenvalue weighted by Gasteiger charge is -2.31. The molecule has 0 amide bonds. The molecule has 1 aromatic heterocycles. The van der Waals surface area contributed by atoms with Gasteiger partial charge in [-0.2, -0.15) is 0 Å². The zero-order valence-electron chi connectivity index (χ0n) is 19.7. The van der Waals surface area contributed by atoms with Gasteiger partial charge in [-0.05, 0) is 47.9 Å². The Morgan fingerprint density at radius 2 is 1.69 bits per heavy atom. The second-order valence-corrected chi connectivity index (χ2v) is 8.86. The van der Waals surface area contributed by atoms with Crippen LogP contribution < -0.4 is 19.5 Å². The Bertz CT molecular complexity index is 1590. The third kappa shape index (κ3) is 3.76. The van der Waals surface area contributed by atoms with Gasteiger partial charge in [-0.1, -0.05) is 48.0 Å². The van der Waals surface area contributed by atoms with E-state index < -0.39 is 0 Å². The maximum Gasteiger partial charge on any atom is 0.228 e. The quantitative estimate of drug-likeness (QED) is 0.270. The minimum atomic E-state index is -0.283. The smallest absolute Gasteiger partial charge is 0.228 e. The molecule has 178 valence electrons. The summed E-state index contributed by atoms with van der Waals surface area (Å²) in [4.78, 5) is 9.16. The summed E-state index contributed by atoms with van der Waals surface area (Å²) in [6, 6.07) is 25.6. The first kappa shape index (κ1) is 22.2. The molecule has 5 aromatic rings. The normalized spacial score (nSPS) is 13.9. The molecule has 0 spiro atoms. The van der Waals surface area contributed by atoms with E-state index in [2.05, 4.69) is 39.6 Å². The lowest BCUT2D eigenvalue weighted by Crippen LogP contribution is -2.17. The second kappa shape index (κ2) is 9.06. The summed E-state index contributed by atoms with van der Waals surface area (Å²) in [5.74, 6) is 3.07. The van der Waals surface area contributed by atoms with E-state index in [9.17, 15) is 0 Å². The number of benzene rings is 4. The molecule has 2 heterocycles. The van der Waals surface area contributed by atoms with Crippen molar-refractivity contribution in [3.05, 3.63) is 107 Å². The number of hydrogen-bond donors (Lipinski definition) is 1. The van der Waals surface area contributed by atoms with Crippen molar-refractivity contribution in [3.63, 3.8) is 0 Å². The highest BCUT2D eigenvalue weighted by atomic mass is 35.5. The van der Waals surface area contributed by atoms with E-state index in [0.717, 1.165) is 50.4 Å². The van der Waals surface area contributed by atoms with E-state index >= 15 is 0 Å². The maximum absolute atomic E-state index is 6.49. The summed E-state index contributed by atoms with van der Waals surface area (Å²) in [5, 5.41) is 6.19. The van der Waals surface area contributed by atoms with Crippen LogP contribution in [0.5, 0.6) is 23.1 Å². The number of hydrogen-bond acceptors (Lipinski definition) is 6. The largest absolute Gasteiger partial charge is 0.497 e. The molecule has 6 nitrogen and oxygen atoms in total. The van der Waals surface area contributed by atoms with Gasteiger partial charge in [0.05, 0.1) is 25.7 Å². The summed E-state index contributed by atoms with van der Waals surface area (Å²) in [7, 11) is 3.32. The number of ether oxygens (including phenoxy) is 3. The lowest BCUT2D eigenvalue weighted by atomic mass is 9.82. The Morgan fingerprint density at radius 3 is 2.50 bits per heavy atom. The molecular formula is C29H22ClN3O3. The van der Waals surface area contributed by atoms with Crippen LogP contribution in [0.3, 0.4) is 0 Å². The van der Waals surface area contributed by atoms with Crippen LogP contribution in [0.25, 0.3) is 10.8 Å². The van der Waals surface area contributed by atoms with Gasteiger partial charge >= 0.3 is 0 Å². The number of rotatable bonds is 5. The van der Waals surface area contributed by atoms with Crippen molar-refractivity contribution in [2.24, 2.45) is 0 Å². The summed E-state index contributed by atoms with van der Waals surface area (Å²) >= 11 is 6.10. The molecule has 0 aliphatic carbocycles. The molecule has 4 aromatic carbocycles. The van der Waals surface area contributed by atoms with Gasteiger partial charge in [0.1, 0.15) is 29.4 Å². The molecule has 1 unspecified atom stereocenters. The molecule has 36 heavy (non-hydrogen) atoms. The highest BCUT2D eigenvalue weighted by molar-refractivity contribution is 6.30. The summed E-state index contributed by atoms with van der Waals surface area (Å²) in [6.45, 7) is 0. The molecule has 6 rings (SSSR count). The van der Waals surface area contributed by atoms with Gasteiger partial charge in [0.15, 0.2) is 0 Å². The van der Waals surface area contributed by atoms with E-state index in [4.69, 9.17) is 25.8 Å². The summed E-state index contributed by atoms with van der Waals surface area (Å²) in [6.07, 6.45) is 1.51. The molecule has 7 heteroatoms. The molecule has 1 atom stereocenters. The minimum Gasteiger partial charge on any atom is -0.497 e. The van der Waals surface area contributed by atoms with E-state index in [0.29, 0.717) is 16.7 Å². The Kier molecular flexibility index (Phi) is 5.58. The van der Waals surface area contributed by atoms with Crippen molar-refractivity contribution in [3.8, 4) is 23.1 Å². The standard InChI is InChI=1S/C29H22ClN3O3/c1-34-20-12-14-24(35-2)23(15-20)25-22-13-7-17-5-3-4-6-21(17)27(22)36-29-26(25)28(31-16-32-29)33-19-10-8-18(30)9-11-19/h3-16,25H,1-2H3,(H,31,32,33). The molecule has 1 aliphatic rings. The average molecular weight is 496 g/mol. The molecule has 0 saturated heterocycles. The van der Waals surface area contributed by atoms with Crippen molar-refractivity contribution in [2.75, 3.05) is 19.5 Å². The van der Waals surface area contributed by atoms with Gasteiger partial charge in [0.25, 0.3) is 0 Å². The number of aromatic nitrogens is 2. The lowest BCUT2D eigenvalue weighted by molar-refractivity contribution is 0.394. The minimum absolute atomic E-state index is 0.283. The first-order valence-corrected chi connectivity index (χ1v) is 11.8. The van der Waals surface area contributed by atoms with E-state index in [-0.39, 0.29) is 5.92 Å². The first-order valence-electron chi connectivity index (χ1n) is 11.4. The molecule has 0 fully saturated rings. The fourth-order valence-electron chi connectivity index (χ4n) is 4.73. The number of halogens is 1. The Labute approximate surface area is 213 Å². The van der Waals surface area contributed by atoms with Gasteiger partial charge in [-0.15, -0.1) is 0 Å². The first-order chi connectivity index (χ1) is 17.7. The van der Waals surface area contributed by atoms with E-state index in [1.54, 1.807) is 14.2 Å². The van der Waals surface area contributed by atoms with Crippen LogP contribution in [0.15, 0.2) is 85.2 Å². The van der Waals surface area contributed by atoms with Gasteiger partial charge < -0.3 is 19.5 Å². The van der Waals surface area contributed by atoms with Crippen LogP contribution in [0.2, 0.25) is 5.02 Å². The van der Waals surface area contributed by atoms with E-state index in [1.807, 2.05) is 54.6 Å². The van der Waals surface area contributed by atoms with Gasteiger partial charge in [-0.25, -0.2) is 9.97 Å². The molecule has 0 saturated carbocycles. The van der Waals surface area contributed by atoms with Crippen molar-refractivity contribution >= 4 is 33.9 Å². The van der Waals surface area contributed by atoms with Crippen molar-refractivity contribution in [2.45, 2.75) is 5.92 Å². The topological polar surface area (TPSA) is 65.5 Å². The number of fused-ring (bicyclic) bond motifs is 4. The summed E-state index contributed by atoms with van der Waals surface area (Å²) < 4.78 is 17.9. The molecular weight excluding hydrogens is 474 g/mol. The fraction of sp³-hybridized carbons (Fsp3) is 0.103. The number of methoxy groups -OCH3 is 2. The number of nitrogens with one attached hydrogen (secondary N) is 1. The zero-order chi connectivity index (χ0) is 24.6. The fourth-order valence-corrected chi connectivity index (χ4v) is 4.86. The Hall–Kier alpha value is -4.29. The predicted molar refractivity (Wildman–Crippen MR) is 141 cm³/mol. The maximum atomic E-state index is 6.49. The highest BCUT2D eigenvalue weighted by Crippen LogP contribution is 2.53. The number of nitrogens with zero attached hydrogens (tertiary/aromatic N) is 2. The predicted octanol–water partition coefficient (Wildman–Crippen LogP) is 7.33. The van der Waals surface area contributed by atoms with Gasteiger partial charge in [0.2, 0.25) is 5.88 Å². The average Bonchev–Trinajstić information content (AvgIpc) is 2.92. The zero-order valence-corrected chi connectivity index (χ0v) is 20.4. The third-order valence-electron chi connectivity index (χ3n) is 6.41. The van der Waals surface area contributed by atoms with Crippen LogP contribution in [0.1, 0.15) is 22.6 Å². The van der Waals surface area contributed by atoms with Gasteiger partial charge in [0, 0.05) is 27.2 Å². The second-order valence-electron chi connectivity index (χ2n) is 8.42. The molecule has 1 N–H and O–H groups in total. The molecule has 0 bridgehead atoms. The monoisotopic (exact) mass is 495 g/mol. The Morgan fingerprint density at radius 1 is 0.861 bits per heavy atom. The molecule has 1 aliphatic heterocycles. The van der Waals surface area contributed by atoms with Crippen LogP contribution in [0, 0.1) is 0 Å². The van der Waals surface area contributed by atoms with Crippen molar-refractivity contribution in [1.29, 1.82) is 0 Å². The number of anilines is 2. The van der Waals surface area contributed by atoms with Crippen LogP contribution in [-0.4, -0.2) is 24.2 Å². The Balaban J connectivity index is 1.62. The molecule has 0 radical (unpaired) electrons. The van der Waals surface area contributed by atoms with Crippen LogP contribution in [-0.2, 0) is 0 Å². The van der Waals surface area contributed by atoms with Crippen molar-refractivity contribution in [1.82, 2.24) is 9.97 Å². The van der Waals surface area contributed by atoms with E-state index in [1.165, 1.54) is 6.33 Å². The van der Waals surface area contributed by atoms with Gasteiger partial charge in [-0.3, -0.25) is 0 Å².